The largest absolute Gasteiger partial charge is 0.392 e. The fourth-order valence-electron chi connectivity index (χ4n) is 2.17. The molecule has 0 aromatic rings. The van der Waals surface area contributed by atoms with Crippen LogP contribution in [0.4, 0.5) is 0 Å². The number of piperidine rings is 1. The van der Waals surface area contributed by atoms with Crippen LogP contribution >= 0.6 is 12.2 Å². The van der Waals surface area contributed by atoms with Crippen LogP contribution in [0.25, 0.3) is 0 Å². The molecular formula is C12H22N2OS. The van der Waals surface area contributed by atoms with Gasteiger partial charge in [-0.2, -0.15) is 0 Å². The number of nitrogens with zero attached hydrogens (tertiary/aromatic N) is 1. The van der Waals surface area contributed by atoms with Crippen molar-refractivity contribution in [2.24, 2.45) is 17.1 Å². The van der Waals surface area contributed by atoms with Gasteiger partial charge in [0.15, 0.2) is 0 Å². The Morgan fingerprint density at radius 1 is 1.44 bits per heavy atom. The molecule has 16 heavy (non-hydrogen) atoms. The molecule has 1 heterocycles. The van der Waals surface area contributed by atoms with E-state index < -0.39 is 5.41 Å². The Bertz CT molecular complexity index is 301. The molecule has 1 rings (SSSR count). The van der Waals surface area contributed by atoms with Crippen LogP contribution < -0.4 is 5.73 Å². The smallest absolute Gasteiger partial charge is 0.235 e. The third-order valence-electron chi connectivity index (χ3n) is 3.55. The normalized spacial score (nSPS) is 26.6. The fourth-order valence-corrected chi connectivity index (χ4v) is 2.26. The zero-order valence-corrected chi connectivity index (χ0v) is 11.4. The Balaban J connectivity index is 2.78. The van der Waals surface area contributed by atoms with Gasteiger partial charge in [0.2, 0.25) is 5.91 Å². The number of hydrogen-bond donors (Lipinski definition) is 1. The highest BCUT2D eigenvalue weighted by atomic mass is 32.1. The molecule has 1 saturated heterocycles. The number of rotatable bonds is 2. The molecule has 0 aromatic heterocycles. The van der Waals surface area contributed by atoms with Crippen LogP contribution in [-0.4, -0.2) is 28.4 Å². The molecule has 1 fully saturated rings. The summed E-state index contributed by atoms with van der Waals surface area (Å²) in [5.74, 6) is 0.770. The van der Waals surface area contributed by atoms with Gasteiger partial charge in [-0.25, -0.2) is 0 Å². The topological polar surface area (TPSA) is 46.3 Å². The lowest BCUT2D eigenvalue weighted by molar-refractivity contribution is -0.140. The Hall–Kier alpha value is -0.640. The van der Waals surface area contributed by atoms with E-state index >= 15 is 0 Å². The fraction of sp³-hybridized carbons (Fsp3) is 0.833. The van der Waals surface area contributed by atoms with Crippen molar-refractivity contribution in [3.8, 4) is 0 Å². The lowest BCUT2D eigenvalue weighted by Crippen LogP contribution is -2.52. The highest BCUT2D eigenvalue weighted by molar-refractivity contribution is 7.80. The third kappa shape index (κ3) is 2.54. The lowest BCUT2D eigenvalue weighted by atomic mass is 9.87. The molecule has 1 aliphatic heterocycles. The molecule has 4 heteroatoms. The van der Waals surface area contributed by atoms with Gasteiger partial charge in [-0.05, 0) is 39.5 Å². The second-order valence-electron chi connectivity index (χ2n) is 5.47. The summed E-state index contributed by atoms with van der Waals surface area (Å²) in [7, 11) is 0. The molecule has 92 valence electrons. The molecule has 0 bridgehead atoms. The van der Waals surface area contributed by atoms with E-state index in [1.807, 2.05) is 18.7 Å². The Kier molecular flexibility index (Phi) is 3.94. The molecular weight excluding hydrogens is 220 g/mol. The molecule has 0 aliphatic carbocycles. The number of hydrogen-bond acceptors (Lipinski definition) is 2. The highest BCUT2D eigenvalue weighted by Crippen LogP contribution is 2.27. The molecule has 0 aromatic carbocycles. The SMILES string of the molecule is CC1CCN(C(=O)C(C)(C)C(N)=S)C(C)C1. The number of carbonyl (C=O) groups is 1. The highest BCUT2D eigenvalue weighted by Gasteiger charge is 2.38. The molecule has 0 spiro atoms. The summed E-state index contributed by atoms with van der Waals surface area (Å²) in [5, 5.41) is 0. The van der Waals surface area contributed by atoms with Crippen molar-refractivity contribution in [3.63, 3.8) is 0 Å². The second kappa shape index (κ2) is 4.70. The molecule has 2 N–H and O–H groups in total. The summed E-state index contributed by atoms with van der Waals surface area (Å²) in [5.41, 5.74) is 4.92. The summed E-state index contributed by atoms with van der Waals surface area (Å²) in [6.07, 6.45) is 2.14. The van der Waals surface area contributed by atoms with Crippen molar-refractivity contribution < 1.29 is 4.79 Å². The minimum absolute atomic E-state index is 0.0689. The Morgan fingerprint density at radius 3 is 2.44 bits per heavy atom. The minimum atomic E-state index is -0.718. The van der Waals surface area contributed by atoms with Gasteiger partial charge < -0.3 is 10.6 Å². The third-order valence-corrected chi connectivity index (χ3v) is 4.06. The van der Waals surface area contributed by atoms with Gasteiger partial charge in [-0.3, -0.25) is 4.79 Å². The summed E-state index contributed by atoms with van der Waals surface area (Å²) < 4.78 is 0. The summed E-state index contributed by atoms with van der Waals surface area (Å²) >= 11 is 4.97. The number of nitrogens with two attached hydrogens (primary N) is 1. The maximum atomic E-state index is 12.3. The van der Waals surface area contributed by atoms with Crippen LogP contribution in [-0.2, 0) is 4.79 Å². The van der Waals surface area contributed by atoms with E-state index in [1.54, 1.807) is 0 Å². The molecule has 3 nitrogen and oxygen atoms in total. The summed E-state index contributed by atoms with van der Waals surface area (Å²) in [6.45, 7) is 8.78. The first-order chi connectivity index (χ1) is 7.26. The molecule has 2 atom stereocenters. The Labute approximate surface area is 103 Å². The first kappa shape index (κ1) is 13.4. The van der Waals surface area contributed by atoms with Crippen LogP contribution in [0.3, 0.4) is 0 Å². The van der Waals surface area contributed by atoms with E-state index in [0.717, 1.165) is 19.4 Å². The second-order valence-corrected chi connectivity index (χ2v) is 5.91. The minimum Gasteiger partial charge on any atom is -0.392 e. The standard InChI is InChI=1S/C12H22N2OS/c1-8-5-6-14(9(2)7-8)11(15)12(3,4)10(13)16/h8-9H,5-7H2,1-4H3,(H2,13,16). The van der Waals surface area contributed by atoms with Crippen molar-refractivity contribution in [2.45, 2.75) is 46.6 Å². The molecule has 0 saturated carbocycles. The van der Waals surface area contributed by atoms with Gasteiger partial charge in [-0.1, -0.05) is 19.1 Å². The van der Waals surface area contributed by atoms with Gasteiger partial charge in [0.05, 0.1) is 10.4 Å². The van der Waals surface area contributed by atoms with E-state index in [-0.39, 0.29) is 10.9 Å². The van der Waals surface area contributed by atoms with Gasteiger partial charge in [0, 0.05) is 12.6 Å². The monoisotopic (exact) mass is 242 g/mol. The van der Waals surface area contributed by atoms with Crippen LogP contribution in [0.5, 0.6) is 0 Å². The molecule has 1 aliphatic rings. The average Bonchev–Trinajstić information content (AvgIpc) is 2.16. The van der Waals surface area contributed by atoms with E-state index in [2.05, 4.69) is 13.8 Å². The van der Waals surface area contributed by atoms with Crippen molar-refractivity contribution in [2.75, 3.05) is 6.54 Å². The van der Waals surface area contributed by atoms with Gasteiger partial charge >= 0.3 is 0 Å². The van der Waals surface area contributed by atoms with Crippen LogP contribution in [0.1, 0.15) is 40.5 Å². The average molecular weight is 242 g/mol. The maximum absolute atomic E-state index is 12.3. The Morgan fingerprint density at radius 2 is 2.00 bits per heavy atom. The van der Waals surface area contributed by atoms with Crippen LogP contribution in [0.15, 0.2) is 0 Å². The number of likely N-dealkylation sites (tertiary alicyclic amines) is 1. The number of amides is 1. The van der Waals surface area contributed by atoms with Crippen molar-refractivity contribution in [1.29, 1.82) is 0 Å². The van der Waals surface area contributed by atoms with Crippen molar-refractivity contribution >= 4 is 23.1 Å². The maximum Gasteiger partial charge on any atom is 0.235 e. The van der Waals surface area contributed by atoms with Crippen LogP contribution in [0.2, 0.25) is 0 Å². The number of carbonyl (C=O) groups excluding carboxylic acids is 1. The van der Waals surface area contributed by atoms with E-state index in [1.165, 1.54) is 0 Å². The predicted molar refractivity (Wildman–Crippen MR) is 70.1 cm³/mol. The zero-order valence-electron chi connectivity index (χ0n) is 10.6. The zero-order chi connectivity index (χ0) is 12.5. The molecule has 1 amide bonds. The molecule has 2 unspecified atom stereocenters. The lowest BCUT2D eigenvalue weighted by Gasteiger charge is -2.40. The van der Waals surface area contributed by atoms with E-state index in [9.17, 15) is 4.79 Å². The predicted octanol–water partition coefficient (Wildman–Crippen LogP) is 1.95. The van der Waals surface area contributed by atoms with E-state index in [4.69, 9.17) is 18.0 Å². The van der Waals surface area contributed by atoms with E-state index in [0.29, 0.717) is 12.0 Å². The van der Waals surface area contributed by atoms with Crippen molar-refractivity contribution in [3.05, 3.63) is 0 Å². The van der Waals surface area contributed by atoms with Gasteiger partial charge in [0.25, 0.3) is 0 Å². The van der Waals surface area contributed by atoms with Crippen molar-refractivity contribution in [1.82, 2.24) is 4.90 Å². The quantitative estimate of drug-likeness (QED) is 0.753. The summed E-state index contributed by atoms with van der Waals surface area (Å²) in [6, 6.07) is 0.296. The van der Waals surface area contributed by atoms with Gasteiger partial charge in [-0.15, -0.1) is 0 Å². The summed E-state index contributed by atoms with van der Waals surface area (Å²) in [4.78, 5) is 14.5. The van der Waals surface area contributed by atoms with Crippen LogP contribution in [0, 0.1) is 11.3 Å². The first-order valence-electron chi connectivity index (χ1n) is 5.87. The van der Waals surface area contributed by atoms with Gasteiger partial charge in [0.1, 0.15) is 0 Å². The molecule has 0 radical (unpaired) electrons. The first-order valence-corrected chi connectivity index (χ1v) is 6.28. The number of thiocarbonyl (C=S) groups is 1.